The predicted octanol–water partition coefficient (Wildman–Crippen LogP) is 1.64. The van der Waals surface area contributed by atoms with Crippen LogP contribution in [-0.4, -0.2) is 12.2 Å². The zero-order valence-corrected chi connectivity index (χ0v) is 8.73. The molecular formula is C11H11NOS. The molecule has 0 unspecified atom stereocenters. The van der Waals surface area contributed by atoms with Crippen molar-refractivity contribution in [3.8, 4) is 11.8 Å². The van der Waals surface area contributed by atoms with Gasteiger partial charge in [-0.2, -0.15) is 0 Å². The van der Waals surface area contributed by atoms with Gasteiger partial charge in [0.1, 0.15) is 0 Å². The Balaban J connectivity index is 2.66. The number of hydrogen-bond acceptors (Lipinski definition) is 2. The molecule has 0 atom stereocenters. The van der Waals surface area contributed by atoms with Crippen LogP contribution in [-0.2, 0) is 4.79 Å². The van der Waals surface area contributed by atoms with E-state index in [0.717, 1.165) is 5.56 Å². The molecule has 0 aliphatic rings. The summed E-state index contributed by atoms with van der Waals surface area (Å²) >= 11 is 1.68. The molecule has 2 N–H and O–H groups in total. The van der Waals surface area contributed by atoms with E-state index < -0.39 is 5.91 Å². The quantitative estimate of drug-likeness (QED) is 0.589. The number of carbonyl (C=O) groups is 1. The second-order valence-corrected chi connectivity index (χ2v) is 3.55. The summed E-state index contributed by atoms with van der Waals surface area (Å²) in [4.78, 5) is 11.6. The van der Waals surface area contributed by atoms with Crippen LogP contribution in [0.5, 0.6) is 0 Å². The Morgan fingerprint density at radius 3 is 2.57 bits per heavy atom. The van der Waals surface area contributed by atoms with Crippen LogP contribution >= 0.6 is 11.8 Å². The maximum absolute atomic E-state index is 10.4. The van der Waals surface area contributed by atoms with Gasteiger partial charge >= 0.3 is 0 Å². The van der Waals surface area contributed by atoms with E-state index in [4.69, 9.17) is 5.73 Å². The molecule has 0 aliphatic carbocycles. The van der Waals surface area contributed by atoms with E-state index >= 15 is 0 Å². The Bertz CT molecular complexity index is 373. The van der Waals surface area contributed by atoms with Gasteiger partial charge in [0.05, 0.1) is 6.42 Å². The standard InChI is InChI=1S/C11H11NOS/c1-14-10-7-5-9(6-8-10)3-2-4-11(12)13/h5-8H,4H2,1H3,(H2,12,13). The summed E-state index contributed by atoms with van der Waals surface area (Å²) in [5.74, 6) is 5.18. The number of hydrogen-bond donors (Lipinski definition) is 1. The number of carbonyl (C=O) groups excluding carboxylic acids is 1. The topological polar surface area (TPSA) is 43.1 Å². The summed E-state index contributed by atoms with van der Waals surface area (Å²) in [7, 11) is 0. The minimum absolute atomic E-state index is 0.115. The highest BCUT2D eigenvalue weighted by Gasteiger charge is 1.90. The van der Waals surface area contributed by atoms with E-state index in [2.05, 4.69) is 11.8 Å². The first-order chi connectivity index (χ1) is 6.72. The first-order valence-electron chi connectivity index (χ1n) is 4.13. The molecule has 2 nitrogen and oxygen atoms in total. The predicted molar refractivity (Wildman–Crippen MR) is 58.9 cm³/mol. The molecule has 14 heavy (non-hydrogen) atoms. The average molecular weight is 205 g/mol. The van der Waals surface area contributed by atoms with Crippen molar-refractivity contribution < 1.29 is 4.79 Å². The monoisotopic (exact) mass is 205 g/mol. The van der Waals surface area contributed by atoms with E-state index in [1.165, 1.54) is 4.90 Å². The van der Waals surface area contributed by atoms with Crippen molar-refractivity contribution in [2.45, 2.75) is 11.3 Å². The molecule has 0 spiro atoms. The fourth-order valence-electron chi connectivity index (χ4n) is 0.908. The number of amides is 1. The Morgan fingerprint density at radius 1 is 1.43 bits per heavy atom. The van der Waals surface area contributed by atoms with Gasteiger partial charge in [0.15, 0.2) is 0 Å². The molecule has 0 aromatic heterocycles. The van der Waals surface area contributed by atoms with Gasteiger partial charge in [-0.3, -0.25) is 4.79 Å². The number of primary amides is 1. The zero-order valence-electron chi connectivity index (χ0n) is 7.91. The largest absolute Gasteiger partial charge is 0.369 e. The van der Waals surface area contributed by atoms with Gasteiger partial charge in [0.2, 0.25) is 5.91 Å². The third-order valence-electron chi connectivity index (χ3n) is 1.59. The SMILES string of the molecule is CSc1ccc(C#CCC(N)=O)cc1. The maximum atomic E-state index is 10.4. The van der Waals surface area contributed by atoms with E-state index in [-0.39, 0.29) is 6.42 Å². The highest BCUT2D eigenvalue weighted by atomic mass is 32.2. The van der Waals surface area contributed by atoms with Crippen molar-refractivity contribution in [1.82, 2.24) is 0 Å². The minimum Gasteiger partial charge on any atom is -0.369 e. The molecule has 1 rings (SSSR count). The van der Waals surface area contributed by atoms with Crippen molar-refractivity contribution in [2.75, 3.05) is 6.26 Å². The lowest BCUT2D eigenvalue weighted by Crippen LogP contribution is -2.08. The first-order valence-corrected chi connectivity index (χ1v) is 5.36. The lowest BCUT2D eigenvalue weighted by molar-refractivity contribution is -0.117. The van der Waals surface area contributed by atoms with Crippen LogP contribution in [0.4, 0.5) is 0 Å². The Morgan fingerprint density at radius 2 is 2.07 bits per heavy atom. The van der Waals surface area contributed by atoms with Crippen LogP contribution in [0, 0.1) is 11.8 Å². The molecule has 0 radical (unpaired) electrons. The smallest absolute Gasteiger partial charge is 0.229 e. The molecule has 3 heteroatoms. The minimum atomic E-state index is -0.391. The summed E-state index contributed by atoms with van der Waals surface area (Å²) in [6.45, 7) is 0. The van der Waals surface area contributed by atoms with Gasteiger partial charge in [-0.25, -0.2) is 0 Å². The van der Waals surface area contributed by atoms with Crippen LogP contribution in [0.25, 0.3) is 0 Å². The molecule has 1 aromatic carbocycles. The highest BCUT2D eigenvalue weighted by molar-refractivity contribution is 7.98. The number of benzene rings is 1. The molecular weight excluding hydrogens is 194 g/mol. The normalized spacial score (nSPS) is 8.93. The zero-order chi connectivity index (χ0) is 10.4. The van der Waals surface area contributed by atoms with Gasteiger partial charge in [-0.15, -0.1) is 11.8 Å². The lowest BCUT2D eigenvalue weighted by Gasteiger charge is -1.94. The van der Waals surface area contributed by atoms with E-state index in [0.29, 0.717) is 0 Å². The number of thioether (sulfide) groups is 1. The van der Waals surface area contributed by atoms with Gasteiger partial charge in [-0.05, 0) is 30.5 Å². The summed E-state index contributed by atoms with van der Waals surface area (Å²) in [5, 5.41) is 0. The second kappa shape index (κ2) is 5.36. The van der Waals surface area contributed by atoms with Crippen molar-refractivity contribution >= 4 is 17.7 Å². The second-order valence-electron chi connectivity index (χ2n) is 2.67. The van der Waals surface area contributed by atoms with Crippen LogP contribution in [0.2, 0.25) is 0 Å². The number of rotatable bonds is 2. The molecule has 0 aliphatic heterocycles. The van der Waals surface area contributed by atoms with Crippen LogP contribution < -0.4 is 5.73 Å². The van der Waals surface area contributed by atoms with Gasteiger partial charge < -0.3 is 5.73 Å². The van der Waals surface area contributed by atoms with Crippen molar-refractivity contribution in [3.63, 3.8) is 0 Å². The summed E-state index contributed by atoms with van der Waals surface area (Å²) in [5.41, 5.74) is 5.86. The van der Waals surface area contributed by atoms with E-state index in [9.17, 15) is 4.79 Å². The molecule has 1 aromatic rings. The Kier molecular flexibility index (Phi) is 4.09. The third kappa shape index (κ3) is 3.55. The van der Waals surface area contributed by atoms with Crippen molar-refractivity contribution in [1.29, 1.82) is 0 Å². The third-order valence-corrected chi connectivity index (χ3v) is 2.33. The van der Waals surface area contributed by atoms with Gasteiger partial charge in [-0.1, -0.05) is 11.8 Å². The Hall–Kier alpha value is -1.40. The summed E-state index contributed by atoms with van der Waals surface area (Å²) < 4.78 is 0. The molecule has 72 valence electrons. The van der Waals surface area contributed by atoms with Crippen LogP contribution in [0.15, 0.2) is 29.2 Å². The van der Waals surface area contributed by atoms with E-state index in [1.807, 2.05) is 30.5 Å². The fraction of sp³-hybridized carbons (Fsp3) is 0.182. The fourth-order valence-corrected chi connectivity index (χ4v) is 1.32. The summed E-state index contributed by atoms with van der Waals surface area (Å²) in [6, 6.07) is 7.86. The highest BCUT2D eigenvalue weighted by Crippen LogP contribution is 2.14. The summed E-state index contributed by atoms with van der Waals surface area (Å²) in [6.07, 6.45) is 2.14. The Labute approximate surface area is 87.9 Å². The molecule has 0 heterocycles. The first kappa shape index (κ1) is 10.7. The van der Waals surface area contributed by atoms with Gasteiger partial charge in [0, 0.05) is 10.5 Å². The molecule has 0 saturated heterocycles. The molecule has 0 saturated carbocycles. The van der Waals surface area contributed by atoms with E-state index in [1.54, 1.807) is 11.8 Å². The molecule has 0 fully saturated rings. The van der Waals surface area contributed by atoms with Crippen molar-refractivity contribution in [3.05, 3.63) is 29.8 Å². The number of nitrogens with two attached hydrogens (primary N) is 1. The maximum Gasteiger partial charge on any atom is 0.229 e. The molecule has 0 bridgehead atoms. The van der Waals surface area contributed by atoms with Crippen LogP contribution in [0.3, 0.4) is 0 Å². The molecule has 1 amide bonds. The average Bonchev–Trinajstić information content (AvgIpc) is 2.18. The van der Waals surface area contributed by atoms with Gasteiger partial charge in [0.25, 0.3) is 0 Å². The van der Waals surface area contributed by atoms with Crippen LogP contribution in [0.1, 0.15) is 12.0 Å². The van der Waals surface area contributed by atoms with Crippen molar-refractivity contribution in [2.24, 2.45) is 5.73 Å². The lowest BCUT2D eigenvalue weighted by atomic mass is 10.2.